The molecule has 7 nitrogen and oxygen atoms in total. The van der Waals surface area contributed by atoms with E-state index in [-0.39, 0.29) is 11.3 Å². The average Bonchev–Trinajstić information content (AvgIpc) is 3.23. The van der Waals surface area contributed by atoms with Gasteiger partial charge in [0.15, 0.2) is 11.0 Å². The predicted molar refractivity (Wildman–Crippen MR) is 119 cm³/mol. The van der Waals surface area contributed by atoms with E-state index in [9.17, 15) is 4.79 Å². The number of nitrogen functional groups attached to an aromatic ring is 1. The van der Waals surface area contributed by atoms with Gasteiger partial charge in [-0.05, 0) is 31.0 Å². The summed E-state index contributed by atoms with van der Waals surface area (Å²) >= 11 is 2.93. The quantitative estimate of drug-likeness (QED) is 0.478. The van der Waals surface area contributed by atoms with Crippen LogP contribution in [0.3, 0.4) is 0 Å². The molecule has 3 rings (SSSR count). The first-order valence-electron chi connectivity index (χ1n) is 9.24. The van der Waals surface area contributed by atoms with Gasteiger partial charge in [0.25, 0.3) is 0 Å². The van der Waals surface area contributed by atoms with Crippen LogP contribution >= 0.6 is 23.1 Å². The molecule has 0 saturated carbocycles. The molecule has 2 heterocycles. The number of thiazole rings is 1. The summed E-state index contributed by atoms with van der Waals surface area (Å²) in [6.45, 7) is 11.8. The third-order valence-corrected chi connectivity index (χ3v) is 6.40. The summed E-state index contributed by atoms with van der Waals surface area (Å²) in [5, 5.41) is 11.7. The van der Waals surface area contributed by atoms with Crippen molar-refractivity contribution in [2.24, 2.45) is 0 Å². The molecule has 3 aromatic rings. The highest BCUT2D eigenvalue weighted by Gasteiger charge is 2.24. The lowest BCUT2D eigenvalue weighted by atomic mass is 9.96. The van der Waals surface area contributed by atoms with Gasteiger partial charge in [-0.1, -0.05) is 44.7 Å². The minimum atomic E-state index is -0.179. The molecule has 9 heteroatoms. The number of hydrogen-bond acceptors (Lipinski definition) is 7. The van der Waals surface area contributed by atoms with Gasteiger partial charge in [-0.15, -0.1) is 21.5 Å². The summed E-state index contributed by atoms with van der Waals surface area (Å²) in [7, 11) is 0. The molecule has 0 spiro atoms. The molecule has 2 N–H and O–H groups in total. The van der Waals surface area contributed by atoms with Crippen LogP contribution in [0.25, 0.3) is 0 Å². The van der Waals surface area contributed by atoms with E-state index in [0.29, 0.717) is 16.0 Å². The molecule has 0 saturated heterocycles. The van der Waals surface area contributed by atoms with Crippen molar-refractivity contribution < 1.29 is 4.79 Å². The van der Waals surface area contributed by atoms with E-state index in [1.807, 2.05) is 58.2 Å². The lowest BCUT2D eigenvalue weighted by Gasteiger charge is -2.21. The van der Waals surface area contributed by atoms with Gasteiger partial charge in [-0.2, -0.15) is 0 Å². The first kappa shape index (κ1) is 21.3. The fourth-order valence-corrected chi connectivity index (χ4v) is 4.61. The molecule has 2 aromatic heterocycles. The molecule has 1 aromatic carbocycles. The van der Waals surface area contributed by atoms with Crippen LogP contribution in [0.4, 0.5) is 10.8 Å². The molecule has 29 heavy (non-hydrogen) atoms. The number of carbonyl (C=O) groups is 1. The number of hydrogen-bond donors (Lipinski definition) is 1. The number of amides is 1. The molecule has 0 aliphatic heterocycles. The average molecular weight is 431 g/mol. The first-order chi connectivity index (χ1) is 13.6. The number of benzene rings is 1. The summed E-state index contributed by atoms with van der Waals surface area (Å²) in [6, 6.07) is 5.94. The zero-order valence-corrected chi connectivity index (χ0v) is 19.2. The molecule has 0 bridgehead atoms. The molecular weight excluding hydrogens is 404 g/mol. The van der Waals surface area contributed by atoms with E-state index in [1.165, 1.54) is 27.8 Å². The van der Waals surface area contributed by atoms with Crippen molar-refractivity contribution in [2.75, 3.05) is 10.7 Å². The van der Waals surface area contributed by atoms with Crippen LogP contribution in [0.5, 0.6) is 0 Å². The van der Waals surface area contributed by atoms with E-state index >= 15 is 0 Å². The molecule has 0 fully saturated rings. The normalized spacial score (nSPS) is 11.7. The molecule has 0 unspecified atom stereocenters. The van der Waals surface area contributed by atoms with Crippen LogP contribution in [-0.2, 0) is 16.0 Å². The fraction of sp³-hybridized carbons (Fsp3) is 0.400. The Kier molecular flexibility index (Phi) is 6.00. The van der Waals surface area contributed by atoms with Crippen molar-refractivity contribution in [1.82, 2.24) is 19.9 Å². The second-order valence-corrected chi connectivity index (χ2v) is 9.69. The molecular formula is C20H26N6OS2. The van der Waals surface area contributed by atoms with Crippen molar-refractivity contribution in [2.45, 2.75) is 57.9 Å². The number of aryl methyl sites for hydroxylation is 1. The Morgan fingerprint density at radius 2 is 2.00 bits per heavy atom. The van der Waals surface area contributed by atoms with Gasteiger partial charge in [-0.25, -0.2) is 9.66 Å². The highest BCUT2D eigenvalue weighted by Crippen LogP contribution is 2.33. The van der Waals surface area contributed by atoms with Gasteiger partial charge in [0, 0.05) is 23.5 Å². The van der Waals surface area contributed by atoms with Crippen molar-refractivity contribution in [1.29, 1.82) is 0 Å². The van der Waals surface area contributed by atoms with Crippen molar-refractivity contribution in [3.05, 3.63) is 46.2 Å². The van der Waals surface area contributed by atoms with E-state index < -0.39 is 0 Å². The highest BCUT2D eigenvalue weighted by molar-refractivity contribution is 7.98. The molecule has 0 aliphatic carbocycles. The van der Waals surface area contributed by atoms with E-state index in [4.69, 9.17) is 5.84 Å². The minimum absolute atomic E-state index is 0.0660. The van der Waals surface area contributed by atoms with Gasteiger partial charge in [0.2, 0.25) is 11.1 Å². The van der Waals surface area contributed by atoms with E-state index in [2.05, 4.69) is 15.2 Å². The number of aromatic nitrogens is 4. The number of nitrogens with zero attached hydrogens (tertiary/aromatic N) is 5. The third-order valence-electron chi connectivity index (χ3n) is 4.55. The summed E-state index contributed by atoms with van der Waals surface area (Å²) in [5.41, 5.74) is 3.76. The lowest BCUT2D eigenvalue weighted by molar-refractivity contribution is -0.115. The summed E-state index contributed by atoms with van der Waals surface area (Å²) in [5.74, 6) is 7.41. The van der Waals surface area contributed by atoms with Gasteiger partial charge >= 0.3 is 0 Å². The largest absolute Gasteiger partial charge is 0.336 e. The van der Waals surface area contributed by atoms with Crippen molar-refractivity contribution >= 4 is 39.8 Å². The minimum Gasteiger partial charge on any atom is -0.336 e. The maximum absolute atomic E-state index is 12.4. The Morgan fingerprint density at radius 3 is 2.62 bits per heavy atom. The zero-order chi connectivity index (χ0) is 21.3. The number of carbonyl (C=O) groups excluding carboxylic acids is 1. The van der Waals surface area contributed by atoms with Gasteiger partial charge < -0.3 is 5.84 Å². The summed E-state index contributed by atoms with van der Waals surface area (Å²) in [4.78, 5) is 18.7. The fourth-order valence-electron chi connectivity index (χ4n) is 2.88. The summed E-state index contributed by atoms with van der Waals surface area (Å²) < 4.78 is 1.54. The first-order valence-corrected chi connectivity index (χ1v) is 11.1. The summed E-state index contributed by atoms with van der Waals surface area (Å²) in [6.07, 6.45) is 0. The highest BCUT2D eigenvalue weighted by atomic mass is 32.2. The maximum atomic E-state index is 12.4. The van der Waals surface area contributed by atoms with Gasteiger partial charge in [0.1, 0.15) is 0 Å². The van der Waals surface area contributed by atoms with Crippen LogP contribution in [0.1, 0.15) is 50.3 Å². The van der Waals surface area contributed by atoms with Crippen molar-refractivity contribution in [3.63, 3.8) is 0 Å². The number of thioether (sulfide) groups is 1. The zero-order valence-electron chi connectivity index (χ0n) is 17.6. The van der Waals surface area contributed by atoms with Crippen LogP contribution in [0.2, 0.25) is 0 Å². The Balaban J connectivity index is 1.80. The van der Waals surface area contributed by atoms with E-state index in [0.717, 1.165) is 28.3 Å². The van der Waals surface area contributed by atoms with Crippen LogP contribution in [0.15, 0.2) is 28.7 Å². The molecule has 0 radical (unpaired) electrons. The Labute approximate surface area is 179 Å². The monoisotopic (exact) mass is 430 g/mol. The van der Waals surface area contributed by atoms with Crippen LogP contribution < -0.4 is 10.7 Å². The Bertz CT molecular complexity index is 1030. The Morgan fingerprint density at radius 1 is 1.28 bits per heavy atom. The molecule has 0 atom stereocenters. The molecule has 154 valence electrons. The second kappa shape index (κ2) is 8.16. The predicted octanol–water partition coefficient (Wildman–Crippen LogP) is 4.34. The molecule has 1 amide bonds. The van der Waals surface area contributed by atoms with Crippen LogP contribution in [0, 0.1) is 13.8 Å². The van der Waals surface area contributed by atoms with E-state index in [1.54, 1.807) is 11.8 Å². The number of rotatable bonds is 5. The second-order valence-electron chi connectivity index (χ2n) is 7.91. The van der Waals surface area contributed by atoms with Gasteiger partial charge in [-0.3, -0.25) is 9.69 Å². The smallest absolute Gasteiger partial charge is 0.230 e. The number of nitrogens with two attached hydrogens (primary N) is 1. The third kappa shape index (κ3) is 4.45. The molecule has 0 aliphatic rings. The van der Waals surface area contributed by atoms with Crippen LogP contribution in [-0.4, -0.2) is 25.8 Å². The van der Waals surface area contributed by atoms with Gasteiger partial charge in [0.05, 0.1) is 11.4 Å². The number of anilines is 2. The lowest BCUT2D eigenvalue weighted by Crippen LogP contribution is -2.24. The maximum Gasteiger partial charge on any atom is 0.230 e. The topological polar surface area (TPSA) is 89.9 Å². The Hall–Kier alpha value is -2.39. The standard InChI is InChI=1S/C20H26N6OS2/c1-12-8-7-9-16(13(12)2)25(14(3)27)18-22-15(10-28-18)11-29-19-24-23-17(26(19)21)20(4,5)6/h7-10H,11,21H2,1-6H3. The SMILES string of the molecule is CC(=O)N(c1nc(CSc2nnc(C(C)(C)C)n2N)cs1)c1cccc(C)c1C. The van der Waals surface area contributed by atoms with Crippen molar-refractivity contribution in [3.8, 4) is 0 Å².